The number of hydrogen-bond acceptors (Lipinski definition) is 4. The summed E-state index contributed by atoms with van der Waals surface area (Å²) in [5.74, 6) is 0.482. The van der Waals surface area contributed by atoms with E-state index in [4.69, 9.17) is 10.5 Å². The van der Waals surface area contributed by atoms with E-state index in [1.54, 1.807) is 12.1 Å². The molecular weight excluding hydrogens is 196 g/mol. The van der Waals surface area contributed by atoms with E-state index >= 15 is 0 Å². The Morgan fingerprint density at radius 3 is 2.73 bits per heavy atom. The number of methoxy groups -OCH3 is 1. The van der Waals surface area contributed by atoms with Gasteiger partial charge in [0.25, 0.3) is 5.69 Å². The second kappa shape index (κ2) is 4.75. The molecule has 1 rings (SSSR count). The smallest absolute Gasteiger partial charge is 0.276 e. The van der Waals surface area contributed by atoms with Crippen LogP contribution in [0.4, 0.5) is 5.69 Å². The molecule has 0 unspecified atom stereocenters. The van der Waals surface area contributed by atoms with Crippen LogP contribution < -0.4 is 10.5 Å². The van der Waals surface area contributed by atoms with Crippen molar-refractivity contribution in [3.63, 3.8) is 0 Å². The van der Waals surface area contributed by atoms with Crippen molar-refractivity contribution in [2.75, 3.05) is 7.11 Å². The monoisotopic (exact) mass is 210 g/mol. The SMILES string of the molecule is COc1ccc(C[C@@H](C)N)c([N+](=O)[O-])c1. The average Bonchev–Trinajstić information content (AvgIpc) is 2.17. The van der Waals surface area contributed by atoms with Crippen molar-refractivity contribution in [1.29, 1.82) is 0 Å². The van der Waals surface area contributed by atoms with Crippen molar-refractivity contribution in [3.8, 4) is 5.75 Å². The molecule has 5 heteroatoms. The van der Waals surface area contributed by atoms with Gasteiger partial charge in [-0.3, -0.25) is 10.1 Å². The summed E-state index contributed by atoms with van der Waals surface area (Å²) in [5.41, 5.74) is 6.31. The maximum Gasteiger partial charge on any atom is 0.276 e. The van der Waals surface area contributed by atoms with Gasteiger partial charge >= 0.3 is 0 Å². The molecule has 0 aromatic heterocycles. The molecule has 0 aliphatic rings. The van der Waals surface area contributed by atoms with Crippen molar-refractivity contribution in [3.05, 3.63) is 33.9 Å². The number of benzene rings is 1. The van der Waals surface area contributed by atoms with Crippen molar-refractivity contribution in [2.45, 2.75) is 19.4 Å². The first-order chi connectivity index (χ1) is 7.04. The van der Waals surface area contributed by atoms with E-state index in [-0.39, 0.29) is 11.7 Å². The van der Waals surface area contributed by atoms with E-state index in [9.17, 15) is 10.1 Å². The molecule has 0 saturated heterocycles. The highest BCUT2D eigenvalue weighted by molar-refractivity contribution is 5.46. The lowest BCUT2D eigenvalue weighted by Gasteiger charge is -2.07. The predicted octanol–water partition coefficient (Wildman–Crippen LogP) is 1.49. The molecule has 0 amide bonds. The molecule has 0 aliphatic heterocycles. The molecule has 0 radical (unpaired) electrons. The zero-order chi connectivity index (χ0) is 11.4. The summed E-state index contributed by atoms with van der Waals surface area (Å²) < 4.78 is 4.93. The Hall–Kier alpha value is -1.62. The van der Waals surface area contributed by atoms with Gasteiger partial charge in [-0.2, -0.15) is 0 Å². The number of nitro groups is 1. The standard InChI is InChI=1S/C10H14N2O3/c1-7(11)5-8-3-4-9(15-2)6-10(8)12(13)14/h3-4,6-7H,5,11H2,1-2H3/t7-/m1/s1. The topological polar surface area (TPSA) is 78.4 Å². The maximum absolute atomic E-state index is 10.8. The quantitative estimate of drug-likeness (QED) is 0.603. The molecule has 0 spiro atoms. The van der Waals surface area contributed by atoms with Crippen LogP contribution in [0.1, 0.15) is 12.5 Å². The lowest BCUT2D eigenvalue weighted by Crippen LogP contribution is -2.18. The molecular formula is C10H14N2O3. The van der Waals surface area contributed by atoms with Crippen LogP contribution in [0.2, 0.25) is 0 Å². The van der Waals surface area contributed by atoms with Gasteiger partial charge in [0.2, 0.25) is 0 Å². The Balaban J connectivity index is 3.09. The van der Waals surface area contributed by atoms with E-state index in [0.717, 1.165) is 0 Å². The maximum atomic E-state index is 10.8. The fraction of sp³-hybridized carbons (Fsp3) is 0.400. The van der Waals surface area contributed by atoms with Crippen LogP contribution >= 0.6 is 0 Å². The van der Waals surface area contributed by atoms with Crippen LogP contribution in [0, 0.1) is 10.1 Å². The third-order valence-electron chi connectivity index (χ3n) is 2.03. The van der Waals surface area contributed by atoms with E-state index in [1.807, 2.05) is 6.92 Å². The fourth-order valence-corrected chi connectivity index (χ4v) is 1.36. The highest BCUT2D eigenvalue weighted by Crippen LogP contribution is 2.25. The highest BCUT2D eigenvalue weighted by Gasteiger charge is 2.15. The number of rotatable bonds is 4. The van der Waals surface area contributed by atoms with Gasteiger partial charge < -0.3 is 10.5 Å². The van der Waals surface area contributed by atoms with Crippen LogP contribution in [0.3, 0.4) is 0 Å². The molecule has 0 fully saturated rings. The summed E-state index contributed by atoms with van der Waals surface area (Å²) in [6.45, 7) is 1.81. The summed E-state index contributed by atoms with van der Waals surface area (Å²) in [6.07, 6.45) is 0.486. The summed E-state index contributed by atoms with van der Waals surface area (Å²) in [5, 5.41) is 10.8. The molecule has 1 aromatic carbocycles. The van der Waals surface area contributed by atoms with Crippen LogP contribution in [0.5, 0.6) is 5.75 Å². The largest absolute Gasteiger partial charge is 0.497 e. The lowest BCUT2D eigenvalue weighted by molar-refractivity contribution is -0.385. The molecule has 0 heterocycles. The Morgan fingerprint density at radius 2 is 2.27 bits per heavy atom. The number of nitro benzene ring substituents is 1. The fourth-order valence-electron chi connectivity index (χ4n) is 1.36. The van der Waals surface area contributed by atoms with Gasteiger partial charge in [-0.25, -0.2) is 0 Å². The van der Waals surface area contributed by atoms with Gasteiger partial charge in [0.15, 0.2) is 0 Å². The molecule has 0 bridgehead atoms. The van der Waals surface area contributed by atoms with Crippen molar-refractivity contribution in [2.24, 2.45) is 5.73 Å². The molecule has 82 valence electrons. The third-order valence-corrected chi connectivity index (χ3v) is 2.03. The van der Waals surface area contributed by atoms with Crippen molar-refractivity contribution < 1.29 is 9.66 Å². The third kappa shape index (κ3) is 2.92. The lowest BCUT2D eigenvalue weighted by atomic mass is 10.1. The number of nitrogens with zero attached hydrogens (tertiary/aromatic N) is 1. The van der Waals surface area contributed by atoms with Crippen LogP contribution in [0.15, 0.2) is 18.2 Å². The summed E-state index contributed by atoms with van der Waals surface area (Å²) in [6, 6.07) is 4.69. The predicted molar refractivity (Wildman–Crippen MR) is 57.0 cm³/mol. The molecule has 15 heavy (non-hydrogen) atoms. The molecule has 5 nitrogen and oxygen atoms in total. The second-order valence-corrected chi connectivity index (χ2v) is 3.43. The zero-order valence-electron chi connectivity index (χ0n) is 8.77. The van der Waals surface area contributed by atoms with Gasteiger partial charge in [-0.15, -0.1) is 0 Å². The first-order valence-electron chi connectivity index (χ1n) is 4.61. The van der Waals surface area contributed by atoms with E-state index in [1.165, 1.54) is 13.2 Å². The Morgan fingerprint density at radius 1 is 1.60 bits per heavy atom. The second-order valence-electron chi connectivity index (χ2n) is 3.43. The summed E-state index contributed by atoms with van der Waals surface area (Å²) in [4.78, 5) is 10.4. The average molecular weight is 210 g/mol. The van der Waals surface area contributed by atoms with E-state index in [2.05, 4.69) is 0 Å². The summed E-state index contributed by atoms with van der Waals surface area (Å²) >= 11 is 0. The van der Waals surface area contributed by atoms with Crippen molar-refractivity contribution in [1.82, 2.24) is 0 Å². The molecule has 1 atom stereocenters. The molecule has 0 saturated carbocycles. The molecule has 1 aromatic rings. The van der Waals surface area contributed by atoms with Gasteiger partial charge in [0.05, 0.1) is 18.1 Å². The Labute approximate surface area is 88.0 Å². The number of ether oxygens (including phenoxy) is 1. The van der Waals surface area contributed by atoms with Gasteiger partial charge in [-0.05, 0) is 25.5 Å². The minimum absolute atomic E-state index is 0.0617. The van der Waals surface area contributed by atoms with Crippen LogP contribution in [-0.2, 0) is 6.42 Å². The van der Waals surface area contributed by atoms with Gasteiger partial charge in [-0.1, -0.05) is 0 Å². The number of nitrogens with two attached hydrogens (primary N) is 1. The van der Waals surface area contributed by atoms with E-state index in [0.29, 0.717) is 17.7 Å². The Kier molecular flexibility index (Phi) is 3.62. The minimum atomic E-state index is -0.416. The Bertz CT molecular complexity index is 364. The molecule has 0 aliphatic carbocycles. The summed E-state index contributed by atoms with van der Waals surface area (Å²) in [7, 11) is 1.48. The van der Waals surface area contributed by atoms with Crippen LogP contribution in [0.25, 0.3) is 0 Å². The normalized spacial score (nSPS) is 12.2. The first-order valence-corrected chi connectivity index (χ1v) is 4.61. The first kappa shape index (κ1) is 11.5. The van der Waals surface area contributed by atoms with Gasteiger partial charge in [0.1, 0.15) is 5.75 Å². The van der Waals surface area contributed by atoms with Gasteiger partial charge in [0, 0.05) is 11.6 Å². The highest BCUT2D eigenvalue weighted by atomic mass is 16.6. The molecule has 2 N–H and O–H groups in total. The zero-order valence-corrected chi connectivity index (χ0v) is 8.77. The van der Waals surface area contributed by atoms with E-state index < -0.39 is 4.92 Å². The minimum Gasteiger partial charge on any atom is -0.497 e. The van der Waals surface area contributed by atoms with Crippen molar-refractivity contribution >= 4 is 5.69 Å². The van der Waals surface area contributed by atoms with Crippen LogP contribution in [-0.4, -0.2) is 18.1 Å². The number of hydrogen-bond donors (Lipinski definition) is 1.